The van der Waals surface area contributed by atoms with Gasteiger partial charge in [0.25, 0.3) is 0 Å². The lowest BCUT2D eigenvalue weighted by molar-refractivity contribution is 0.0860. The largest absolute Gasteiger partial charge is 0.298 e. The zero-order valence-electron chi connectivity index (χ0n) is 13.5. The van der Waals surface area contributed by atoms with E-state index >= 15 is 0 Å². The van der Waals surface area contributed by atoms with Crippen molar-refractivity contribution in [2.75, 3.05) is 0 Å². The van der Waals surface area contributed by atoms with Crippen molar-refractivity contribution in [2.24, 2.45) is 0 Å². The van der Waals surface area contributed by atoms with Crippen LogP contribution in [0.2, 0.25) is 0 Å². The van der Waals surface area contributed by atoms with Crippen LogP contribution in [0.4, 0.5) is 0 Å². The van der Waals surface area contributed by atoms with Crippen molar-refractivity contribution in [1.82, 2.24) is 0 Å². The molecule has 3 aromatic rings. The molecule has 0 aliphatic carbocycles. The summed E-state index contributed by atoms with van der Waals surface area (Å²) in [6.07, 6.45) is 0.733. The first-order valence-corrected chi connectivity index (χ1v) is 7.94. The number of carbonyl (C=O) groups excluding carboxylic acids is 3. The molecule has 0 bridgehead atoms. The molecule has 0 N–H and O–H groups in total. The maximum atomic E-state index is 13.0. The van der Waals surface area contributed by atoms with Gasteiger partial charge in [-0.15, -0.1) is 0 Å². The molecule has 0 amide bonds. The van der Waals surface area contributed by atoms with Crippen molar-refractivity contribution in [1.29, 1.82) is 0 Å². The average Bonchev–Trinajstić information content (AvgIpc) is 2.70. The van der Waals surface area contributed by atoms with Crippen LogP contribution in [0, 0.1) is 0 Å². The van der Waals surface area contributed by atoms with E-state index in [0.29, 0.717) is 22.3 Å². The first-order chi connectivity index (χ1) is 12.2. The zero-order valence-corrected chi connectivity index (χ0v) is 13.5. The summed E-state index contributed by atoms with van der Waals surface area (Å²) in [6.45, 7) is 0. The molecular weight excluding hydrogens is 312 g/mol. The minimum atomic E-state index is -0.939. The van der Waals surface area contributed by atoms with E-state index in [1.165, 1.54) is 0 Å². The molecule has 0 fully saturated rings. The molecule has 0 aliphatic heterocycles. The maximum absolute atomic E-state index is 13.0. The van der Waals surface area contributed by atoms with Crippen LogP contribution < -0.4 is 0 Å². The van der Waals surface area contributed by atoms with Gasteiger partial charge in [0, 0.05) is 16.7 Å². The molecule has 0 spiro atoms. The lowest BCUT2D eigenvalue weighted by Gasteiger charge is -2.16. The van der Waals surface area contributed by atoms with Crippen molar-refractivity contribution in [3.8, 4) is 0 Å². The van der Waals surface area contributed by atoms with Crippen LogP contribution in [0.15, 0.2) is 84.9 Å². The molecule has 0 radical (unpaired) electrons. The second kappa shape index (κ2) is 7.49. The van der Waals surface area contributed by atoms with Gasteiger partial charge < -0.3 is 0 Å². The Labute approximate surface area is 145 Å². The van der Waals surface area contributed by atoms with E-state index in [9.17, 15) is 14.4 Å². The highest BCUT2D eigenvalue weighted by Gasteiger charge is 2.30. The van der Waals surface area contributed by atoms with Crippen LogP contribution in [0.5, 0.6) is 0 Å². The number of carbonyl (C=O) groups is 3. The predicted molar refractivity (Wildman–Crippen MR) is 96.1 cm³/mol. The number of rotatable bonds is 6. The van der Waals surface area contributed by atoms with Gasteiger partial charge in [0.1, 0.15) is 12.2 Å². The third kappa shape index (κ3) is 3.61. The van der Waals surface area contributed by atoms with E-state index in [-0.39, 0.29) is 11.6 Å². The SMILES string of the molecule is O=Cc1ccc(C(C(=O)c2ccccc2)C(=O)c2ccccc2)cc1. The Hall–Kier alpha value is -3.33. The van der Waals surface area contributed by atoms with Gasteiger partial charge in [-0.1, -0.05) is 84.9 Å². The second-order valence-corrected chi connectivity index (χ2v) is 5.68. The molecule has 122 valence electrons. The smallest absolute Gasteiger partial charge is 0.178 e. The van der Waals surface area contributed by atoms with Gasteiger partial charge in [0.05, 0.1) is 0 Å². The monoisotopic (exact) mass is 328 g/mol. The number of ketones is 2. The van der Waals surface area contributed by atoms with Crippen LogP contribution in [-0.4, -0.2) is 17.9 Å². The third-order valence-electron chi connectivity index (χ3n) is 4.05. The van der Waals surface area contributed by atoms with Crippen LogP contribution in [0.25, 0.3) is 0 Å². The van der Waals surface area contributed by atoms with E-state index in [4.69, 9.17) is 0 Å². The van der Waals surface area contributed by atoms with Crippen molar-refractivity contribution in [2.45, 2.75) is 5.92 Å². The number of hydrogen-bond acceptors (Lipinski definition) is 3. The Kier molecular flexibility index (Phi) is 4.95. The van der Waals surface area contributed by atoms with Gasteiger partial charge in [-0.05, 0) is 5.56 Å². The van der Waals surface area contributed by atoms with Crippen molar-refractivity contribution < 1.29 is 14.4 Å². The summed E-state index contributed by atoms with van der Waals surface area (Å²) >= 11 is 0. The normalized spacial score (nSPS) is 10.4. The Morgan fingerprint density at radius 3 is 1.48 bits per heavy atom. The highest BCUT2D eigenvalue weighted by atomic mass is 16.2. The number of Topliss-reactive ketones (excluding diaryl/α,β-unsaturated/α-hetero) is 2. The molecule has 3 nitrogen and oxygen atoms in total. The minimum absolute atomic E-state index is 0.256. The molecule has 0 atom stereocenters. The number of aldehydes is 1. The van der Waals surface area contributed by atoms with E-state index in [0.717, 1.165) is 6.29 Å². The Morgan fingerprint density at radius 2 is 1.08 bits per heavy atom. The maximum Gasteiger partial charge on any atom is 0.178 e. The van der Waals surface area contributed by atoms with E-state index in [1.54, 1.807) is 72.8 Å². The Balaban J connectivity index is 2.05. The topological polar surface area (TPSA) is 51.2 Å². The van der Waals surface area contributed by atoms with Gasteiger partial charge in [0.2, 0.25) is 0 Å². The second-order valence-electron chi connectivity index (χ2n) is 5.68. The summed E-state index contributed by atoms with van der Waals surface area (Å²) in [5, 5.41) is 0. The van der Waals surface area contributed by atoms with Gasteiger partial charge in [0.15, 0.2) is 11.6 Å². The molecule has 3 heteroatoms. The number of hydrogen-bond donors (Lipinski definition) is 0. The van der Waals surface area contributed by atoms with Crippen molar-refractivity contribution in [3.05, 3.63) is 107 Å². The fraction of sp³-hybridized carbons (Fsp3) is 0.0455. The zero-order chi connectivity index (χ0) is 17.6. The fourth-order valence-electron chi connectivity index (χ4n) is 2.73. The third-order valence-corrected chi connectivity index (χ3v) is 4.05. The molecule has 0 aromatic heterocycles. The summed E-state index contributed by atoms with van der Waals surface area (Å²) < 4.78 is 0. The molecule has 0 saturated heterocycles. The molecule has 0 aliphatic rings. The van der Waals surface area contributed by atoms with E-state index < -0.39 is 5.92 Å². The van der Waals surface area contributed by atoms with Gasteiger partial charge in [-0.25, -0.2) is 0 Å². The first-order valence-electron chi connectivity index (χ1n) is 7.94. The van der Waals surface area contributed by atoms with Gasteiger partial charge in [-0.3, -0.25) is 14.4 Å². The van der Waals surface area contributed by atoms with E-state index in [1.807, 2.05) is 12.1 Å². The van der Waals surface area contributed by atoms with Crippen LogP contribution in [0.3, 0.4) is 0 Å². The van der Waals surface area contributed by atoms with Crippen LogP contribution >= 0.6 is 0 Å². The Morgan fingerprint density at radius 1 is 0.640 bits per heavy atom. The first kappa shape index (κ1) is 16.5. The minimum Gasteiger partial charge on any atom is -0.298 e. The predicted octanol–water partition coefficient (Wildman–Crippen LogP) is 4.35. The molecule has 3 rings (SSSR count). The summed E-state index contributed by atoms with van der Waals surface area (Å²) in [5.74, 6) is -1.45. The lowest BCUT2D eigenvalue weighted by atomic mass is 9.84. The van der Waals surface area contributed by atoms with E-state index in [2.05, 4.69) is 0 Å². The molecule has 0 unspecified atom stereocenters. The fourth-order valence-corrected chi connectivity index (χ4v) is 2.73. The van der Waals surface area contributed by atoms with Crippen LogP contribution in [0.1, 0.15) is 42.6 Å². The van der Waals surface area contributed by atoms with Crippen molar-refractivity contribution >= 4 is 17.9 Å². The molecule has 0 heterocycles. The highest BCUT2D eigenvalue weighted by Crippen LogP contribution is 2.26. The molecule has 3 aromatic carbocycles. The van der Waals surface area contributed by atoms with Gasteiger partial charge in [-0.2, -0.15) is 0 Å². The summed E-state index contributed by atoms with van der Waals surface area (Å²) in [6, 6.07) is 24.1. The summed E-state index contributed by atoms with van der Waals surface area (Å²) in [4.78, 5) is 36.9. The average molecular weight is 328 g/mol. The van der Waals surface area contributed by atoms with Crippen LogP contribution in [-0.2, 0) is 0 Å². The molecule has 25 heavy (non-hydrogen) atoms. The molecular formula is C22H16O3. The molecule has 0 saturated carbocycles. The highest BCUT2D eigenvalue weighted by molar-refractivity contribution is 6.20. The Bertz CT molecular complexity index is 830. The summed E-state index contributed by atoms with van der Waals surface area (Å²) in [5.41, 5.74) is 2.04. The van der Waals surface area contributed by atoms with Gasteiger partial charge >= 0.3 is 0 Å². The standard InChI is InChI=1S/C22H16O3/c23-15-16-11-13-17(14-12-16)20(21(24)18-7-3-1-4-8-18)22(25)19-9-5-2-6-10-19/h1-15,20H. The quantitative estimate of drug-likeness (QED) is 0.384. The number of benzene rings is 3. The summed E-state index contributed by atoms with van der Waals surface area (Å²) in [7, 11) is 0. The van der Waals surface area contributed by atoms with Crippen molar-refractivity contribution in [3.63, 3.8) is 0 Å². The lowest BCUT2D eigenvalue weighted by Crippen LogP contribution is -2.22.